The molecule has 134 valence electrons. The Balaban J connectivity index is 2.22. The Morgan fingerprint density at radius 1 is 1.25 bits per heavy atom. The highest BCUT2D eigenvalue weighted by molar-refractivity contribution is 7.89. The summed E-state index contributed by atoms with van der Waals surface area (Å²) < 4.78 is 37.6. The molecule has 0 radical (unpaired) electrons. The molecule has 1 aromatic carbocycles. The fourth-order valence-corrected chi connectivity index (χ4v) is 4.38. The zero-order valence-electron chi connectivity index (χ0n) is 14.1. The smallest absolute Gasteiger partial charge is 0.275 e. The molecule has 0 aliphatic carbocycles. The van der Waals surface area contributed by atoms with Gasteiger partial charge in [-0.3, -0.25) is 4.79 Å². The minimum Gasteiger partial charge on any atom is -0.497 e. The van der Waals surface area contributed by atoms with Gasteiger partial charge in [-0.05, 0) is 19.1 Å². The third-order valence-electron chi connectivity index (χ3n) is 4.39. The summed E-state index contributed by atoms with van der Waals surface area (Å²) >= 11 is 0. The highest BCUT2D eigenvalue weighted by atomic mass is 32.2. The van der Waals surface area contributed by atoms with Gasteiger partial charge >= 0.3 is 0 Å². The van der Waals surface area contributed by atoms with Crippen LogP contribution >= 0.6 is 0 Å². The monoisotopic (exact) mass is 358 g/mol. The summed E-state index contributed by atoms with van der Waals surface area (Å²) in [5, 5.41) is 0. The molecule has 0 unspecified atom stereocenters. The zero-order valence-corrected chi connectivity index (χ0v) is 14.9. The van der Waals surface area contributed by atoms with Crippen LogP contribution in [0.2, 0.25) is 0 Å². The largest absolute Gasteiger partial charge is 0.497 e. The van der Waals surface area contributed by atoms with E-state index in [2.05, 4.69) is 0 Å². The first-order valence-corrected chi connectivity index (χ1v) is 9.11. The van der Waals surface area contributed by atoms with Crippen molar-refractivity contribution in [2.75, 3.05) is 40.4 Å². The van der Waals surface area contributed by atoms with Gasteiger partial charge in [0.15, 0.2) is 6.04 Å². The summed E-state index contributed by atoms with van der Waals surface area (Å²) in [5.41, 5.74) is 5.33. The van der Waals surface area contributed by atoms with Crippen LogP contribution in [0.5, 0.6) is 11.5 Å². The molecule has 1 heterocycles. The number of primary amides is 1. The first-order valence-electron chi connectivity index (χ1n) is 7.67. The van der Waals surface area contributed by atoms with E-state index in [1.165, 1.54) is 24.6 Å². The quantitative estimate of drug-likeness (QED) is 0.642. The highest BCUT2D eigenvalue weighted by Gasteiger charge is 2.35. The van der Waals surface area contributed by atoms with Gasteiger partial charge < -0.3 is 20.1 Å². The number of sulfonamides is 1. The maximum Gasteiger partial charge on any atom is 0.275 e. The van der Waals surface area contributed by atoms with Crippen LogP contribution < -0.4 is 20.1 Å². The number of piperazine rings is 1. The Hall–Kier alpha value is -1.84. The molecule has 0 spiro atoms. The van der Waals surface area contributed by atoms with Crippen LogP contribution in [0.25, 0.3) is 0 Å². The average Bonchev–Trinajstić information content (AvgIpc) is 2.60. The topological polar surface area (TPSA) is 103 Å². The van der Waals surface area contributed by atoms with Gasteiger partial charge in [0.05, 0.1) is 40.4 Å². The molecular formula is C15H24N3O5S+. The minimum atomic E-state index is -3.71. The third kappa shape index (κ3) is 3.63. The van der Waals surface area contributed by atoms with E-state index in [1.54, 1.807) is 19.1 Å². The van der Waals surface area contributed by atoms with Crippen molar-refractivity contribution in [3.63, 3.8) is 0 Å². The zero-order chi connectivity index (χ0) is 17.9. The molecule has 0 bridgehead atoms. The maximum atomic E-state index is 12.9. The van der Waals surface area contributed by atoms with E-state index in [0.717, 1.165) is 4.90 Å². The lowest BCUT2D eigenvalue weighted by atomic mass is 10.2. The summed E-state index contributed by atoms with van der Waals surface area (Å²) in [6.07, 6.45) is 0. The van der Waals surface area contributed by atoms with Gasteiger partial charge in [-0.15, -0.1) is 0 Å². The predicted octanol–water partition coefficient (Wildman–Crippen LogP) is -1.53. The van der Waals surface area contributed by atoms with Gasteiger partial charge in [-0.25, -0.2) is 8.42 Å². The molecule has 1 aromatic rings. The molecule has 1 amide bonds. The number of methoxy groups -OCH3 is 2. The molecule has 1 atom stereocenters. The van der Waals surface area contributed by atoms with Gasteiger partial charge in [0, 0.05) is 6.07 Å². The molecule has 1 saturated heterocycles. The van der Waals surface area contributed by atoms with E-state index in [0.29, 0.717) is 31.9 Å². The number of ether oxygens (including phenoxy) is 2. The van der Waals surface area contributed by atoms with Crippen molar-refractivity contribution in [2.45, 2.75) is 17.9 Å². The van der Waals surface area contributed by atoms with Crippen LogP contribution in [0.1, 0.15) is 6.92 Å². The first kappa shape index (κ1) is 18.5. The van der Waals surface area contributed by atoms with Crippen LogP contribution in [-0.2, 0) is 14.8 Å². The first-order chi connectivity index (χ1) is 11.3. The lowest BCUT2D eigenvalue weighted by Crippen LogP contribution is -3.19. The molecule has 1 aliphatic rings. The number of quaternary nitrogens is 1. The molecule has 2 rings (SSSR count). The van der Waals surface area contributed by atoms with Gasteiger partial charge in [-0.1, -0.05) is 0 Å². The summed E-state index contributed by atoms with van der Waals surface area (Å²) in [6, 6.07) is 4.34. The number of benzene rings is 1. The summed E-state index contributed by atoms with van der Waals surface area (Å²) in [6.45, 7) is 3.43. The minimum absolute atomic E-state index is 0.0794. The number of hydrogen-bond donors (Lipinski definition) is 2. The van der Waals surface area contributed by atoms with Crippen LogP contribution in [-0.4, -0.2) is 65.1 Å². The second-order valence-electron chi connectivity index (χ2n) is 5.70. The summed E-state index contributed by atoms with van der Waals surface area (Å²) in [4.78, 5) is 12.4. The van der Waals surface area contributed by atoms with Gasteiger partial charge in [0.25, 0.3) is 5.91 Å². The molecule has 9 heteroatoms. The molecule has 24 heavy (non-hydrogen) atoms. The van der Waals surface area contributed by atoms with Crippen LogP contribution in [0.3, 0.4) is 0 Å². The van der Waals surface area contributed by atoms with E-state index in [4.69, 9.17) is 15.2 Å². The number of hydrogen-bond acceptors (Lipinski definition) is 5. The number of nitrogens with two attached hydrogens (primary N) is 1. The Bertz CT molecular complexity index is 699. The van der Waals surface area contributed by atoms with Crippen molar-refractivity contribution < 1.29 is 27.6 Å². The average molecular weight is 358 g/mol. The lowest BCUT2D eigenvalue weighted by Gasteiger charge is -2.33. The summed E-state index contributed by atoms with van der Waals surface area (Å²) in [7, 11) is -0.802. The van der Waals surface area contributed by atoms with Crippen LogP contribution in [0.15, 0.2) is 23.1 Å². The van der Waals surface area contributed by atoms with Crippen molar-refractivity contribution in [2.24, 2.45) is 5.73 Å². The van der Waals surface area contributed by atoms with Gasteiger partial charge in [0.1, 0.15) is 16.4 Å². The maximum absolute atomic E-state index is 12.9. The highest BCUT2D eigenvalue weighted by Crippen LogP contribution is 2.30. The second kappa shape index (κ2) is 7.37. The van der Waals surface area contributed by atoms with Crippen molar-refractivity contribution in [3.8, 4) is 11.5 Å². The number of nitrogens with one attached hydrogen (secondary N) is 1. The lowest BCUT2D eigenvalue weighted by molar-refractivity contribution is -0.917. The van der Waals surface area contributed by atoms with Crippen molar-refractivity contribution >= 4 is 15.9 Å². The molecule has 0 saturated carbocycles. The molecule has 0 aromatic heterocycles. The molecule has 1 fully saturated rings. The SMILES string of the molecule is COc1ccc(OC)c(S(=O)(=O)N2CC[NH+]([C@H](C)C(N)=O)CC2)c1. The molecule has 1 aliphatic heterocycles. The Morgan fingerprint density at radius 2 is 1.88 bits per heavy atom. The molecule has 8 nitrogen and oxygen atoms in total. The number of nitrogens with zero attached hydrogens (tertiary/aromatic N) is 1. The van der Waals surface area contributed by atoms with E-state index in [1.807, 2.05) is 0 Å². The van der Waals surface area contributed by atoms with E-state index in [9.17, 15) is 13.2 Å². The second-order valence-corrected chi connectivity index (χ2v) is 7.61. The fourth-order valence-electron chi connectivity index (χ4n) is 2.77. The standard InChI is InChI=1S/C15H23N3O5S/c1-11(15(16)19)17-6-8-18(9-7-17)24(20,21)14-10-12(22-2)4-5-13(14)23-3/h4-5,10-11H,6-9H2,1-3H3,(H2,16,19)/p+1/t11-/m1/s1. The third-order valence-corrected chi connectivity index (χ3v) is 6.31. The normalized spacial score (nSPS) is 18.1. The number of rotatable bonds is 6. The van der Waals surface area contributed by atoms with Crippen molar-refractivity contribution in [3.05, 3.63) is 18.2 Å². The Kier molecular flexibility index (Phi) is 5.68. The fraction of sp³-hybridized carbons (Fsp3) is 0.533. The number of carbonyl (C=O) groups excluding carboxylic acids is 1. The number of carbonyl (C=O) groups is 1. The summed E-state index contributed by atoms with van der Waals surface area (Å²) in [5.74, 6) is 0.341. The van der Waals surface area contributed by atoms with Gasteiger partial charge in [-0.2, -0.15) is 4.31 Å². The molecular weight excluding hydrogens is 334 g/mol. The Morgan fingerprint density at radius 3 is 2.38 bits per heavy atom. The predicted molar refractivity (Wildman–Crippen MR) is 87.7 cm³/mol. The van der Waals surface area contributed by atoms with E-state index >= 15 is 0 Å². The van der Waals surface area contributed by atoms with Crippen molar-refractivity contribution in [1.29, 1.82) is 0 Å². The van der Waals surface area contributed by atoms with Gasteiger partial charge in [0.2, 0.25) is 10.0 Å². The van der Waals surface area contributed by atoms with Crippen molar-refractivity contribution in [1.82, 2.24) is 4.31 Å². The molecule has 3 N–H and O–H groups in total. The van der Waals surface area contributed by atoms with Crippen LogP contribution in [0, 0.1) is 0 Å². The van der Waals surface area contributed by atoms with E-state index in [-0.39, 0.29) is 22.6 Å². The van der Waals surface area contributed by atoms with Crippen LogP contribution in [0.4, 0.5) is 0 Å². The number of amides is 1. The van der Waals surface area contributed by atoms with E-state index < -0.39 is 10.0 Å². The Labute approximate surface area is 142 Å².